The monoisotopic (exact) mass is 312 g/mol. The molecule has 0 spiro atoms. The zero-order valence-electron chi connectivity index (χ0n) is 13.6. The number of thioether (sulfide) groups is 1. The van der Waals surface area contributed by atoms with E-state index in [1.165, 1.54) is 0 Å². The molecule has 0 bridgehead atoms. The van der Waals surface area contributed by atoms with Gasteiger partial charge in [-0.3, -0.25) is 9.59 Å². The van der Waals surface area contributed by atoms with Gasteiger partial charge in [0.1, 0.15) is 11.6 Å². The Morgan fingerprint density at radius 2 is 1.76 bits per heavy atom. The maximum absolute atomic E-state index is 13.0. The number of hydrogen-bond acceptors (Lipinski definition) is 3. The summed E-state index contributed by atoms with van der Waals surface area (Å²) in [7, 11) is 0. The van der Waals surface area contributed by atoms with E-state index in [1.54, 1.807) is 0 Å². The lowest BCUT2D eigenvalue weighted by Crippen LogP contribution is -2.71. The van der Waals surface area contributed by atoms with Gasteiger partial charge in [-0.2, -0.15) is 11.8 Å². The highest BCUT2D eigenvalue weighted by Crippen LogP contribution is 2.34. The average molecular weight is 312 g/mol. The zero-order chi connectivity index (χ0) is 15.6. The van der Waals surface area contributed by atoms with Crippen LogP contribution in [0.4, 0.5) is 0 Å². The second kappa shape index (κ2) is 6.59. The number of nitrogens with zero attached hydrogens (tertiary/aromatic N) is 1. The van der Waals surface area contributed by atoms with Gasteiger partial charge in [0.2, 0.25) is 11.8 Å². The molecule has 2 amide bonds. The van der Waals surface area contributed by atoms with Crippen molar-refractivity contribution in [2.75, 3.05) is 6.26 Å². The van der Waals surface area contributed by atoms with Crippen LogP contribution in [-0.4, -0.2) is 45.8 Å². The minimum Gasteiger partial charge on any atom is -0.340 e. The van der Waals surface area contributed by atoms with E-state index < -0.39 is 5.54 Å². The number of carbonyl (C=O) groups is 2. The van der Waals surface area contributed by atoms with Crippen molar-refractivity contribution in [2.45, 2.75) is 82.2 Å². The number of piperazine rings is 1. The van der Waals surface area contributed by atoms with Crippen LogP contribution in [0.25, 0.3) is 0 Å². The van der Waals surface area contributed by atoms with Crippen molar-refractivity contribution in [1.82, 2.24) is 10.2 Å². The molecule has 0 aromatic heterocycles. The topological polar surface area (TPSA) is 49.4 Å². The second-order valence-electron chi connectivity index (χ2n) is 6.33. The first-order valence-corrected chi connectivity index (χ1v) is 9.45. The lowest BCUT2D eigenvalue weighted by atomic mass is 9.84. The number of nitrogens with one attached hydrogen (secondary N) is 1. The SMILES string of the molecule is CCC1(CC)NC(=O)C(C)N(C2CCC(SC)CC2)C1=O. The molecule has 120 valence electrons. The lowest BCUT2D eigenvalue weighted by Gasteiger charge is -2.49. The molecule has 2 aliphatic rings. The molecule has 1 atom stereocenters. The predicted octanol–water partition coefficient (Wildman–Crippen LogP) is 2.57. The smallest absolute Gasteiger partial charge is 0.249 e. The van der Waals surface area contributed by atoms with Gasteiger partial charge in [-0.25, -0.2) is 0 Å². The van der Waals surface area contributed by atoms with E-state index in [-0.39, 0.29) is 23.9 Å². The largest absolute Gasteiger partial charge is 0.340 e. The Bertz CT molecular complexity index is 401. The first-order valence-electron chi connectivity index (χ1n) is 8.16. The van der Waals surface area contributed by atoms with E-state index in [9.17, 15) is 9.59 Å². The van der Waals surface area contributed by atoms with Crippen molar-refractivity contribution in [3.8, 4) is 0 Å². The molecule has 1 N–H and O–H groups in total. The summed E-state index contributed by atoms with van der Waals surface area (Å²) in [5.41, 5.74) is -0.681. The van der Waals surface area contributed by atoms with Gasteiger partial charge in [0.25, 0.3) is 0 Å². The molecular weight excluding hydrogens is 284 g/mol. The van der Waals surface area contributed by atoms with Crippen LogP contribution >= 0.6 is 11.8 Å². The van der Waals surface area contributed by atoms with E-state index in [2.05, 4.69) is 11.6 Å². The minimum atomic E-state index is -0.681. The fourth-order valence-electron chi connectivity index (χ4n) is 3.71. The first kappa shape index (κ1) is 16.7. The third kappa shape index (κ3) is 2.94. The molecule has 0 aromatic carbocycles. The van der Waals surface area contributed by atoms with Gasteiger partial charge in [0, 0.05) is 11.3 Å². The van der Waals surface area contributed by atoms with E-state index in [4.69, 9.17) is 0 Å². The fraction of sp³-hybridized carbons (Fsp3) is 0.875. The van der Waals surface area contributed by atoms with Gasteiger partial charge in [0.05, 0.1) is 0 Å². The molecule has 2 rings (SSSR count). The molecule has 1 unspecified atom stereocenters. The van der Waals surface area contributed by atoms with Crippen LogP contribution in [0.1, 0.15) is 59.3 Å². The standard InChI is InChI=1S/C16H28N2O2S/c1-5-16(6-2)15(20)18(11(3)14(19)17-16)12-7-9-13(21-4)10-8-12/h11-13H,5-10H2,1-4H3,(H,17,19). The van der Waals surface area contributed by atoms with Crippen molar-refractivity contribution < 1.29 is 9.59 Å². The number of rotatable bonds is 4. The van der Waals surface area contributed by atoms with Crippen LogP contribution in [0.5, 0.6) is 0 Å². The molecule has 1 heterocycles. The Labute approximate surface area is 132 Å². The summed E-state index contributed by atoms with van der Waals surface area (Å²) in [6, 6.07) is -0.0982. The van der Waals surface area contributed by atoms with Gasteiger partial charge in [-0.05, 0) is 51.7 Å². The third-order valence-corrected chi connectivity index (χ3v) is 6.52. The highest BCUT2D eigenvalue weighted by Gasteiger charge is 2.49. The molecule has 0 radical (unpaired) electrons. The summed E-state index contributed by atoms with van der Waals surface area (Å²) in [5.74, 6) is 0.137. The third-order valence-electron chi connectivity index (χ3n) is 5.38. The summed E-state index contributed by atoms with van der Waals surface area (Å²) < 4.78 is 0. The van der Waals surface area contributed by atoms with E-state index in [0.717, 1.165) is 25.7 Å². The number of amides is 2. The van der Waals surface area contributed by atoms with Crippen LogP contribution in [0.3, 0.4) is 0 Å². The fourth-order valence-corrected chi connectivity index (χ4v) is 4.46. The molecule has 2 fully saturated rings. The van der Waals surface area contributed by atoms with Crippen molar-refractivity contribution in [3.63, 3.8) is 0 Å². The predicted molar refractivity (Wildman–Crippen MR) is 87.3 cm³/mol. The van der Waals surface area contributed by atoms with Gasteiger partial charge in [0.15, 0.2) is 0 Å². The number of carbonyl (C=O) groups excluding carboxylic acids is 2. The molecule has 0 aromatic rings. The summed E-state index contributed by atoms with van der Waals surface area (Å²) in [5, 5.41) is 3.70. The summed E-state index contributed by atoms with van der Waals surface area (Å²) >= 11 is 1.92. The average Bonchev–Trinajstić information content (AvgIpc) is 2.52. The van der Waals surface area contributed by atoms with Crippen LogP contribution < -0.4 is 5.32 Å². The Hall–Kier alpha value is -0.710. The summed E-state index contributed by atoms with van der Waals surface area (Å²) in [6.07, 6.45) is 7.84. The van der Waals surface area contributed by atoms with Crippen LogP contribution in [0, 0.1) is 0 Å². The highest BCUT2D eigenvalue weighted by molar-refractivity contribution is 7.99. The van der Waals surface area contributed by atoms with Crippen molar-refractivity contribution in [3.05, 3.63) is 0 Å². The zero-order valence-corrected chi connectivity index (χ0v) is 14.5. The van der Waals surface area contributed by atoms with Gasteiger partial charge in [-0.15, -0.1) is 0 Å². The summed E-state index contributed by atoms with van der Waals surface area (Å²) in [4.78, 5) is 27.3. The van der Waals surface area contributed by atoms with Crippen molar-refractivity contribution in [1.29, 1.82) is 0 Å². The summed E-state index contributed by atoms with van der Waals surface area (Å²) in [6.45, 7) is 5.84. The maximum Gasteiger partial charge on any atom is 0.249 e. The quantitative estimate of drug-likeness (QED) is 0.868. The molecule has 1 saturated heterocycles. The van der Waals surface area contributed by atoms with Crippen LogP contribution in [0.15, 0.2) is 0 Å². The molecular formula is C16H28N2O2S. The van der Waals surface area contributed by atoms with E-state index in [0.29, 0.717) is 18.1 Å². The normalized spacial score (nSPS) is 33.0. The molecule has 4 nitrogen and oxygen atoms in total. The highest BCUT2D eigenvalue weighted by atomic mass is 32.2. The number of hydrogen-bond donors (Lipinski definition) is 1. The van der Waals surface area contributed by atoms with Gasteiger partial charge < -0.3 is 10.2 Å². The van der Waals surface area contributed by atoms with Crippen LogP contribution in [-0.2, 0) is 9.59 Å². The van der Waals surface area contributed by atoms with Crippen molar-refractivity contribution >= 4 is 23.6 Å². The molecule has 1 aliphatic heterocycles. The van der Waals surface area contributed by atoms with Gasteiger partial charge in [-0.1, -0.05) is 13.8 Å². The lowest BCUT2D eigenvalue weighted by molar-refractivity contribution is -0.158. The second-order valence-corrected chi connectivity index (χ2v) is 7.47. The van der Waals surface area contributed by atoms with Crippen LogP contribution in [0.2, 0.25) is 0 Å². The Morgan fingerprint density at radius 3 is 2.24 bits per heavy atom. The molecule has 1 aliphatic carbocycles. The Morgan fingerprint density at radius 1 is 1.19 bits per heavy atom. The van der Waals surface area contributed by atoms with E-state index >= 15 is 0 Å². The van der Waals surface area contributed by atoms with Gasteiger partial charge >= 0.3 is 0 Å². The maximum atomic E-state index is 13.0. The van der Waals surface area contributed by atoms with Crippen molar-refractivity contribution in [2.24, 2.45) is 0 Å². The Balaban J connectivity index is 2.20. The molecule has 1 saturated carbocycles. The van der Waals surface area contributed by atoms with E-state index in [1.807, 2.05) is 37.4 Å². The molecule has 21 heavy (non-hydrogen) atoms. The first-order chi connectivity index (χ1) is 9.99. The Kier molecular flexibility index (Phi) is 5.23. The molecule has 5 heteroatoms. The minimum absolute atomic E-state index is 0.00490.